The fraction of sp³-hybridized carbons (Fsp3) is 0.500. The van der Waals surface area contributed by atoms with Gasteiger partial charge in [-0.3, -0.25) is 0 Å². The van der Waals surface area contributed by atoms with Gasteiger partial charge in [0.2, 0.25) is 0 Å². The van der Waals surface area contributed by atoms with Crippen LogP contribution in [-0.4, -0.2) is 11.5 Å². The number of benzene rings is 1. The highest BCUT2D eigenvalue weighted by Crippen LogP contribution is 2.31. The van der Waals surface area contributed by atoms with Gasteiger partial charge in [0.15, 0.2) is 0 Å². The van der Waals surface area contributed by atoms with Gasteiger partial charge in [0.25, 0.3) is 0 Å². The molecule has 1 aliphatic rings. The first-order chi connectivity index (χ1) is 8.56. The third-order valence-electron chi connectivity index (χ3n) is 3.63. The molecule has 0 saturated heterocycles. The van der Waals surface area contributed by atoms with E-state index in [1.165, 1.54) is 19.3 Å². The van der Waals surface area contributed by atoms with Gasteiger partial charge in [0, 0.05) is 22.8 Å². The maximum absolute atomic E-state index is 6.02. The van der Waals surface area contributed by atoms with Crippen molar-refractivity contribution in [2.45, 2.75) is 26.2 Å². The molecular weight excluding hydrogens is 264 g/mol. The highest BCUT2D eigenvalue weighted by Gasteiger charge is 2.21. The lowest BCUT2D eigenvalue weighted by Gasteiger charge is -2.15. The molecule has 0 amide bonds. The molecule has 2 atom stereocenters. The number of nitrogens with two attached hydrogens (primary N) is 1. The number of anilines is 1. The summed E-state index contributed by atoms with van der Waals surface area (Å²) in [7, 11) is 0. The summed E-state index contributed by atoms with van der Waals surface area (Å²) in [6.45, 7) is 3.29. The normalized spacial score (nSPS) is 23.0. The van der Waals surface area contributed by atoms with Crippen LogP contribution < -0.4 is 11.1 Å². The zero-order valence-electron chi connectivity index (χ0n) is 10.6. The Morgan fingerprint density at radius 2 is 2.28 bits per heavy atom. The summed E-state index contributed by atoms with van der Waals surface area (Å²) in [5, 5.41) is 4.15. The van der Waals surface area contributed by atoms with Crippen LogP contribution in [0.3, 0.4) is 0 Å². The molecule has 18 heavy (non-hydrogen) atoms. The minimum absolute atomic E-state index is 0.411. The topological polar surface area (TPSA) is 38.0 Å². The second-order valence-electron chi connectivity index (χ2n) is 5.22. The van der Waals surface area contributed by atoms with Crippen molar-refractivity contribution >= 4 is 34.5 Å². The predicted octanol–water partition coefficient (Wildman–Crippen LogP) is 3.82. The molecule has 4 heteroatoms. The molecule has 0 heterocycles. The molecule has 98 valence electrons. The van der Waals surface area contributed by atoms with Gasteiger partial charge < -0.3 is 11.1 Å². The molecule has 1 saturated carbocycles. The molecule has 0 radical (unpaired) electrons. The summed E-state index contributed by atoms with van der Waals surface area (Å²) in [6, 6.07) is 5.59. The molecule has 3 N–H and O–H groups in total. The van der Waals surface area contributed by atoms with Gasteiger partial charge in [-0.1, -0.05) is 37.2 Å². The smallest absolute Gasteiger partial charge is 0.106 e. The summed E-state index contributed by atoms with van der Waals surface area (Å²) in [5.74, 6) is 1.60. The lowest BCUT2D eigenvalue weighted by molar-refractivity contribution is 0.537. The van der Waals surface area contributed by atoms with Gasteiger partial charge in [0.05, 0.1) is 0 Å². The second-order valence-corrected chi connectivity index (χ2v) is 6.10. The molecule has 1 fully saturated rings. The van der Waals surface area contributed by atoms with Crippen molar-refractivity contribution in [2.75, 3.05) is 11.9 Å². The summed E-state index contributed by atoms with van der Waals surface area (Å²) in [5.41, 5.74) is 7.55. The zero-order valence-corrected chi connectivity index (χ0v) is 12.2. The molecule has 2 nitrogen and oxygen atoms in total. The van der Waals surface area contributed by atoms with Gasteiger partial charge in [-0.2, -0.15) is 0 Å². The monoisotopic (exact) mass is 282 g/mol. The maximum atomic E-state index is 6.02. The lowest BCUT2D eigenvalue weighted by atomic mass is 10.1. The standard InChI is InChI=1S/C14H19ClN2S/c1-9-2-3-10(6-9)8-17-13-7-11(15)4-5-12(13)14(16)18/h4-5,7,9-10,17H,2-3,6,8H2,1H3,(H2,16,18). The Morgan fingerprint density at radius 3 is 2.89 bits per heavy atom. The van der Waals surface area contributed by atoms with Gasteiger partial charge in [-0.25, -0.2) is 0 Å². The Kier molecular flexibility index (Phi) is 4.46. The Labute approximate surface area is 119 Å². The fourth-order valence-corrected chi connectivity index (χ4v) is 2.99. The van der Waals surface area contributed by atoms with Crippen LogP contribution in [0.15, 0.2) is 18.2 Å². The molecular formula is C14H19ClN2S. The quantitative estimate of drug-likeness (QED) is 0.825. The van der Waals surface area contributed by atoms with E-state index in [2.05, 4.69) is 12.2 Å². The van der Waals surface area contributed by atoms with Crippen LogP contribution in [0.25, 0.3) is 0 Å². The minimum Gasteiger partial charge on any atom is -0.389 e. The molecule has 0 spiro atoms. The highest BCUT2D eigenvalue weighted by atomic mass is 35.5. The Bertz CT molecular complexity index is 447. The van der Waals surface area contributed by atoms with Gasteiger partial charge in [-0.05, 0) is 42.9 Å². The second kappa shape index (κ2) is 5.89. The van der Waals surface area contributed by atoms with Crippen molar-refractivity contribution < 1.29 is 0 Å². The molecule has 2 unspecified atom stereocenters. The van der Waals surface area contributed by atoms with Crippen molar-refractivity contribution in [1.82, 2.24) is 0 Å². The lowest BCUT2D eigenvalue weighted by Crippen LogP contribution is -2.16. The molecule has 1 aliphatic carbocycles. The van der Waals surface area contributed by atoms with Gasteiger partial charge >= 0.3 is 0 Å². The Morgan fingerprint density at radius 1 is 1.50 bits per heavy atom. The Balaban J connectivity index is 2.04. The first kappa shape index (κ1) is 13.6. The van der Waals surface area contributed by atoms with Crippen LogP contribution in [0, 0.1) is 11.8 Å². The van der Waals surface area contributed by atoms with Crippen molar-refractivity contribution in [2.24, 2.45) is 17.6 Å². The fourth-order valence-electron chi connectivity index (χ4n) is 2.64. The van der Waals surface area contributed by atoms with Crippen molar-refractivity contribution in [1.29, 1.82) is 0 Å². The SMILES string of the molecule is CC1CCC(CNc2cc(Cl)ccc2C(N)=S)C1. The number of hydrogen-bond donors (Lipinski definition) is 2. The summed E-state index contributed by atoms with van der Waals surface area (Å²) < 4.78 is 0. The zero-order chi connectivity index (χ0) is 13.1. The van der Waals surface area contributed by atoms with E-state index in [1.807, 2.05) is 18.2 Å². The van der Waals surface area contributed by atoms with E-state index < -0.39 is 0 Å². The highest BCUT2D eigenvalue weighted by molar-refractivity contribution is 7.80. The molecule has 0 bridgehead atoms. The minimum atomic E-state index is 0.411. The van der Waals surface area contributed by atoms with E-state index in [-0.39, 0.29) is 0 Å². The number of halogens is 1. The molecule has 1 aromatic rings. The first-order valence-electron chi connectivity index (χ1n) is 6.39. The van der Waals surface area contributed by atoms with E-state index >= 15 is 0 Å². The van der Waals surface area contributed by atoms with Crippen molar-refractivity contribution in [3.63, 3.8) is 0 Å². The van der Waals surface area contributed by atoms with Crippen LogP contribution in [-0.2, 0) is 0 Å². The average molecular weight is 283 g/mol. The van der Waals surface area contributed by atoms with Gasteiger partial charge in [0.1, 0.15) is 4.99 Å². The van der Waals surface area contributed by atoms with Crippen LogP contribution in [0.1, 0.15) is 31.7 Å². The number of hydrogen-bond acceptors (Lipinski definition) is 2. The molecule has 0 aliphatic heterocycles. The van der Waals surface area contributed by atoms with E-state index in [0.29, 0.717) is 10.0 Å². The van der Waals surface area contributed by atoms with Crippen LogP contribution in [0.5, 0.6) is 0 Å². The third-order valence-corrected chi connectivity index (χ3v) is 4.09. The summed E-state index contributed by atoms with van der Waals surface area (Å²) in [6.07, 6.45) is 3.94. The predicted molar refractivity (Wildman–Crippen MR) is 82.3 cm³/mol. The molecule has 0 aromatic heterocycles. The van der Waals surface area contributed by atoms with Crippen molar-refractivity contribution in [3.8, 4) is 0 Å². The van der Waals surface area contributed by atoms with Crippen LogP contribution >= 0.6 is 23.8 Å². The van der Waals surface area contributed by atoms with E-state index in [1.54, 1.807) is 0 Å². The Hall–Kier alpha value is -0.800. The average Bonchev–Trinajstić information content (AvgIpc) is 2.72. The maximum Gasteiger partial charge on any atom is 0.106 e. The van der Waals surface area contributed by atoms with Gasteiger partial charge in [-0.15, -0.1) is 0 Å². The first-order valence-corrected chi connectivity index (χ1v) is 7.18. The van der Waals surface area contributed by atoms with E-state index in [4.69, 9.17) is 29.6 Å². The molecule has 1 aromatic carbocycles. The number of thiocarbonyl (C=S) groups is 1. The largest absolute Gasteiger partial charge is 0.389 e. The molecule has 2 rings (SSSR count). The summed E-state index contributed by atoms with van der Waals surface area (Å²) >= 11 is 11.1. The van der Waals surface area contributed by atoms with Crippen molar-refractivity contribution in [3.05, 3.63) is 28.8 Å². The summed E-state index contributed by atoms with van der Waals surface area (Å²) in [4.78, 5) is 0.411. The third kappa shape index (κ3) is 3.36. The number of nitrogens with one attached hydrogen (secondary N) is 1. The van der Waals surface area contributed by atoms with Crippen LogP contribution in [0.4, 0.5) is 5.69 Å². The number of rotatable bonds is 4. The van der Waals surface area contributed by atoms with Crippen LogP contribution in [0.2, 0.25) is 5.02 Å². The van der Waals surface area contributed by atoms with E-state index in [9.17, 15) is 0 Å². The van der Waals surface area contributed by atoms with E-state index in [0.717, 1.165) is 29.6 Å².